The molecule has 0 saturated heterocycles. The highest BCUT2D eigenvalue weighted by Crippen LogP contribution is 2.26. The van der Waals surface area contributed by atoms with Gasteiger partial charge < -0.3 is 15.4 Å². The first kappa shape index (κ1) is 22.6. The van der Waals surface area contributed by atoms with E-state index in [-0.39, 0.29) is 16.3 Å². The van der Waals surface area contributed by atoms with Gasteiger partial charge in [-0.2, -0.15) is 5.26 Å². The standard InChI is InChI=1S/C19H15Cl2N3O4S/c20-13-6-5-12(9-14(13)21)19(27)23-10-18(26)28-11-17(25)24-15-3-1-2-4-16(15)29-8-7-22/h1-6,9H,8,10-11H2,(H,23,27)(H,24,25). The maximum absolute atomic E-state index is 12.0. The minimum Gasteiger partial charge on any atom is -0.454 e. The molecule has 0 saturated carbocycles. The molecule has 2 aromatic carbocycles. The normalized spacial score (nSPS) is 9.97. The van der Waals surface area contributed by atoms with Crippen molar-refractivity contribution in [2.45, 2.75) is 4.90 Å². The van der Waals surface area contributed by atoms with Crippen molar-refractivity contribution < 1.29 is 19.1 Å². The molecule has 10 heteroatoms. The number of ether oxygens (including phenoxy) is 1. The van der Waals surface area contributed by atoms with Gasteiger partial charge in [0.2, 0.25) is 0 Å². The largest absolute Gasteiger partial charge is 0.454 e. The molecule has 0 atom stereocenters. The van der Waals surface area contributed by atoms with Crippen LogP contribution in [-0.2, 0) is 14.3 Å². The van der Waals surface area contributed by atoms with Crippen LogP contribution in [0.4, 0.5) is 5.69 Å². The van der Waals surface area contributed by atoms with E-state index in [1.807, 2.05) is 6.07 Å². The highest BCUT2D eigenvalue weighted by molar-refractivity contribution is 7.99. The topological polar surface area (TPSA) is 108 Å². The second kappa shape index (κ2) is 11.3. The highest BCUT2D eigenvalue weighted by atomic mass is 35.5. The van der Waals surface area contributed by atoms with Crippen molar-refractivity contribution >= 4 is 58.4 Å². The molecule has 0 aliphatic heterocycles. The molecule has 7 nitrogen and oxygen atoms in total. The third-order valence-electron chi connectivity index (χ3n) is 3.39. The molecule has 0 aliphatic rings. The Morgan fingerprint density at radius 3 is 2.59 bits per heavy atom. The van der Waals surface area contributed by atoms with Gasteiger partial charge in [-0.05, 0) is 30.3 Å². The molecule has 150 valence electrons. The zero-order valence-corrected chi connectivity index (χ0v) is 17.2. The summed E-state index contributed by atoms with van der Waals surface area (Å²) in [7, 11) is 0. The third kappa shape index (κ3) is 7.31. The molecule has 2 amide bonds. The first-order chi connectivity index (χ1) is 13.9. The minimum absolute atomic E-state index is 0.215. The van der Waals surface area contributed by atoms with Gasteiger partial charge in [0.15, 0.2) is 6.61 Å². The van der Waals surface area contributed by atoms with Crippen LogP contribution >= 0.6 is 35.0 Å². The lowest BCUT2D eigenvalue weighted by atomic mass is 10.2. The Morgan fingerprint density at radius 1 is 1.10 bits per heavy atom. The molecular formula is C19H15Cl2N3O4S. The minimum atomic E-state index is -0.777. The van der Waals surface area contributed by atoms with Crippen LogP contribution in [0, 0.1) is 11.3 Å². The molecule has 0 unspecified atom stereocenters. The van der Waals surface area contributed by atoms with E-state index in [2.05, 4.69) is 10.6 Å². The number of carbonyl (C=O) groups excluding carboxylic acids is 3. The van der Waals surface area contributed by atoms with Crippen LogP contribution in [0.2, 0.25) is 10.0 Å². The van der Waals surface area contributed by atoms with E-state index in [1.165, 1.54) is 30.0 Å². The van der Waals surface area contributed by atoms with Crippen molar-refractivity contribution in [1.29, 1.82) is 5.26 Å². The SMILES string of the molecule is N#CCSc1ccccc1NC(=O)COC(=O)CNC(=O)c1ccc(Cl)c(Cl)c1. The molecular weight excluding hydrogens is 437 g/mol. The number of hydrogen-bond donors (Lipinski definition) is 2. The molecule has 0 radical (unpaired) electrons. The van der Waals surface area contributed by atoms with Gasteiger partial charge in [-0.1, -0.05) is 35.3 Å². The lowest BCUT2D eigenvalue weighted by Gasteiger charge is -2.10. The number of nitrogens with one attached hydrogen (secondary N) is 2. The summed E-state index contributed by atoms with van der Waals surface area (Å²) in [6.07, 6.45) is 0. The molecule has 2 rings (SSSR count). The average Bonchev–Trinajstić information content (AvgIpc) is 2.71. The van der Waals surface area contributed by atoms with Crippen molar-refractivity contribution in [3.05, 3.63) is 58.1 Å². The molecule has 2 aromatic rings. The monoisotopic (exact) mass is 451 g/mol. The number of para-hydroxylation sites is 1. The number of rotatable bonds is 8. The Labute approximate surface area is 181 Å². The van der Waals surface area contributed by atoms with Gasteiger partial charge in [0.1, 0.15) is 6.54 Å². The molecule has 29 heavy (non-hydrogen) atoms. The number of amides is 2. The van der Waals surface area contributed by atoms with Crippen molar-refractivity contribution in [2.75, 3.05) is 24.2 Å². The van der Waals surface area contributed by atoms with Crippen molar-refractivity contribution in [2.24, 2.45) is 0 Å². The molecule has 2 N–H and O–H groups in total. The zero-order valence-electron chi connectivity index (χ0n) is 14.9. The predicted molar refractivity (Wildman–Crippen MR) is 111 cm³/mol. The van der Waals surface area contributed by atoms with Gasteiger partial charge in [0, 0.05) is 10.5 Å². The van der Waals surface area contributed by atoms with E-state index in [9.17, 15) is 14.4 Å². The Bertz CT molecular complexity index is 963. The van der Waals surface area contributed by atoms with Crippen LogP contribution in [-0.4, -0.2) is 36.7 Å². The van der Waals surface area contributed by atoms with Crippen LogP contribution in [0.15, 0.2) is 47.4 Å². The summed E-state index contributed by atoms with van der Waals surface area (Å²) in [6, 6.07) is 13.3. The number of carbonyl (C=O) groups is 3. The van der Waals surface area contributed by atoms with Gasteiger partial charge in [0.05, 0.1) is 27.6 Å². The van der Waals surface area contributed by atoms with E-state index in [0.29, 0.717) is 10.7 Å². The molecule has 0 fully saturated rings. The summed E-state index contributed by atoms with van der Waals surface area (Å²) in [4.78, 5) is 36.5. The summed E-state index contributed by atoms with van der Waals surface area (Å²) in [5.41, 5.74) is 0.748. The molecule has 0 aliphatic carbocycles. The summed E-state index contributed by atoms with van der Waals surface area (Å²) in [5, 5.41) is 14.2. The number of benzene rings is 2. The van der Waals surface area contributed by atoms with E-state index < -0.39 is 30.9 Å². The van der Waals surface area contributed by atoms with E-state index in [0.717, 1.165) is 4.90 Å². The summed E-state index contributed by atoms with van der Waals surface area (Å²) < 4.78 is 4.85. The van der Waals surface area contributed by atoms with Gasteiger partial charge in [-0.25, -0.2) is 0 Å². The average molecular weight is 452 g/mol. The van der Waals surface area contributed by atoms with Crippen LogP contribution in [0.25, 0.3) is 0 Å². The van der Waals surface area contributed by atoms with Crippen LogP contribution in [0.1, 0.15) is 10.4 Å². The van der Waals surface area contributed by atoms with Gasteiger partial charge in [-0.3, -0.25) is 14.4 Å². The second-order valence-corrected chi connectivity index (χ2v) is 7.29. The maximum atomic E-state index is 12.0. The van der Waals surface area contributed by atoms with E-state index in [1.54, 1.807) is 24.3 Å². The number of hydrogen-bond acceptors (Lipinski definition) is 6. The van der Waals surface area contributed by atoms with Gasteiger partial charge in [0.25, 0.3) is 11.8 Å². The molecule has 0 spiro atoms. The van der Waals surface area contributed by atoms with Crippen LogP contribution in [0.5, 0.6) is 0 Å². The number of nitrogens with zero attached hydrogens (tertiary/aromatic N) is 1. The fraction of sp³-hybridized carbons (Fsp3) is 0.158. The third-order valence-corrected chi connectivity index (χ3v) is 5.07. The van der Waals surface area contributed by atoms with Crippen LogP contribution in [0.3, 0.4) is 0 Å². The van der Waals surface area contributed by atoms with E-state index >= 15 is 0 Å². The lowest BCUT2D eigenvalue weighted by molar-refractivity contribution is -0.146. The Balaban J connectivity index is 1.79. The summed E-state index contributed by atoms with van der Waals surface area (Å²) >= 11 is 12.9. The summed E-state index contributed by atoms with van der Waals surface area (Å²) in [6.45, 7) is -0.931. The number of nitriles is 1. The Hall–Kier alpha value is -2.73. The van der Waals surface area contributed by atoms with Gasteiger partial charge in [-0.15, -0.1) is 11.8 Å². The highest BCUT2D eigenvalue weighted by Gasteiger charge is 2.13. The van der Waals surface area contributed by atoms with Crippen LogP contribution < -0.4 is 10.6 Å². The molecule has 0 aromatic heterocycles. The van der Waals surface area contributed by atoms with Crippen molar-refractivity contribution in [1.82, 2.24) is 5.32 Å². The van der Waals surface area contributed by atoms with Crippen molar-refractivity contribution in [3.63, 3.8) is 0 Å². The first-order valence-electron chi connectivity index (χ1n) is 8.18. The summed E-state index contributed by atoms with van der Waals surface area (Å²) in [5.74, 6) is -1.62. The lowest BCUT2D eigenvalue weighted by Crippen LogP contribution is -2.32. The first-order valence-corrected chi connectivity index (χ1v) is 9.92. The second-order valence-electron chi connectivity index (χ2n) is 5.46. The zero-order chi connectivity index (χ0) is 21.2. The smallest absolute Gasteiger partial charge is 0.325 e. The number of halogens is 2. The fourth-order valence-electron chi connectivity index (χ4n) is 2.08. The maximum Gasteiger partial charge on any atom is 0.325 e. The van der Waals surface area contributed by atoms with Crippen molar-refractivity contribution in [3.8, 4) is 6.07 Å². The predicted octanol–water partition coefficient (Wildman–Crippen LogP) is 3.52. The molecule has 0 bridgehead atoms. The Kier molecular flexibility index (Phi) is 8.80. The number of esters is 1. The quantitative estimate of drug-likeness (QED) is 0.469. The number of thioether (sulfide) groups is 1. The Morgan fingerprint density at radius 2 is 1.86 bits per heavy atom. The van der Waals surface area contributed by atoms with E-state index in [4.69, 9.17) is 33.2 Å². The molecule has 0 heterocycles. The fourth-order valence-corrected chi connectivity index (χ4v) is 3.05. The number of anilines is 1. The van der Waals surface area contributed by atoms with Gasteiger partial charge >= 0.3 is 5.97 Å².